The fourth-order valence-corrected chi connectivity index (χ4v) is 5.16. The van der Waals surface area contributed by atoms with Crippen LogP contribution in [0.5, 0.6) is 0 Å². The molecule has 1 aromatic heterocycles. The number of nitrogens with one attached hydrogen (secondary N) is 2. The number of piperidine rings is 1. The molecule has 0 radical (unpaired) electrons. The van der Waals surface area contributed by atoms with E-state index in [9.17, 15) is 18.0 Å². The quantitative estimate of drug-likeness (QED) is 0.848. The summed E-state index contributed by atoms with van der Waals surface area (Å²) in [6.45, 7) is 0. The molecule has 1 aliphatic heterocycles. The Morgan fingerprint density at radius 3 is 2.88 bits per heavy atom. The number of hydrogen-bond donors (Lipinski definition) is 2. The van der Waals surface area contributed by atoms with Crippen molar-refractivity contribution in [2.24, 2.45) is 0 Å². The average Bonchev–Trinajstić information content (AvgIpc) is 2.98. The van der Waals surface area contributed by atoms with Gasteiger partial charge in [-0.15, -0.1) is 11.3 Å². The van der Waals surface area contributed by atoms with E-state index in [1.165, 1.54) is 0 Å². The molecule has 2 amide bonds. The summed E-state index contributed by atoms with van der Waals surface area (Å²) in [5.41, 5.74) is 0. The van der Waals surface area contributed by atoms with Crippen molar-refractivity contribution >= 4 is 43.3 Å². The molecule has 0 bridgehead atoms. The molecule has 0 saturated carbocycles. The van der Waals surface area contributed by atoms with E-state index in [1.807, 2.05) is 24.3 Å². The lowest BCUT2D eigenvalue weighted by Gasteiger charge is -2.22. The Bertz CT molecular complexity index is 840. The van der Waals surface area contributed by atoms with Gasteiger partial charge in [0.05, 0.1) is 0 Å². The van der Waals surface area contributed by atoms with E-state index in [2.05, 4.69) is 10.0 Å². The van der Waals surface area contributed by atoms with E-state index in [-0.39, 0.29) is 22.6 Å². The van der Waals surface area contributed by atoms with Gasteiger partial charge in [0.25, 0.3) is 10.0 Å². The van der Waals surface area contributed by atoms with Crippen LogP contribution in [0.4, 0.5) is 0 Å². The molecular weight excluding hydrogens is 348 g/mol. The zero-order valence-electron chi connectivity index (χ0n) is 12.9. The van der Waals surface area contributed by atoms with E-state index in [0.717, 1.165) is 34.3 Å². The number of benzene rings is 1. The monoisotopic (exact) mass is 366 g/mol. The molecule has 1 unspecified atom stereocenters. The Morgan fingerprint density at radius 2 is 2.12 bits per heavy atom. The van der Waals surface area contributed by atoms with Crippen LogP contribution < -0.4 is 10.0 Å². The van der Waals surface area contributed by atoms with Crippen molar-refractivity contribution in [3.05, 3.63) is 30.3 Å². The maximum atomic E-state index is 12.3. The summed E-state index contributed by atoms with van der Waals surface area (Å²) >= 11 is 1.13. The van der Waals surface area contributed by atoms with Gasteiger partial charge in [0.1, 0.15) is 4.21 Å². The van der Waals surface area contributed by atoms with Crippen LogP contribution in [-0.2, 0) is 19.6 Å². The number of fused-ring (bicyclic) bond motifs is 1. The van der Waals surface area contributed by atoms with Gasteiger partial charge in [-0.1, -0.05) is 18.2 Å². The lowest BCUT2D eigenvalue weighted by molar-refractivity contribution is -0.124. The van der Waals surface area contributed by atoms with E-state index in [1.54, 1.807) is 6.07 Å². The minimum Gasteiger partial charge on any atom is -0.353 e. The van der Waals surface area contributed by atoms with E-state index in [4.69, 9.17) is 0 Å². The smallest absolute Gasteiger partial charge is 0.273 e. The first-order valence-corrected chi connectivity index (χ1v) is 10.1. The maximum absolute atomic E-state index is 12.3. The van der Waals surface area contributed by atoms with Crippen LogP contribution in [0, 0.1) is 0 Å². The fourth-order valence-electron chi connectivity index (χ4n) is 2.74. The molecule has 1 saturated heterocycles. The first kappa shape index (κ1) is 16.9. The predicted molar refractivity (Wildman–Crippen MR) is 92.2 cm³/mol. The van der Waals surface area contributed by atoms with Gasteiger partial charge in [0.2, 0.25) is 11.8 Å². The van der Waals surface area contributed by atoms with Crippen molar-refractivity contribution in [2.75, 3.05) is 0 Å². The molecule has 6 nitrogen and oxygen atoms in total. The molecule has 2 aromatic rings. The standard InChI is InChI=1S/C16H18N2O4S2/c19-14-7-3-5-12(17-14)8-9-15(20)18-24(21,22)16-10-11-4-1-2-6-13(11)23-16/h1-2,4,6,10,12H,3,5,7-9H2,(H,17,19)(H,18,20). The van der Waals surface area contributed by atoms with Gasteiger partial charge in [-0.05, 0) is 36.8 Å². The third-order valence-electron chi connectivity index (χ3n) is 3.96. The highest BCUT2D eigenvalue weighted by molar-refractivity contribution is 7.92. The highest BCUT2D eigenvalue weighted by atomic mass is 32.2. The van der Waals surface area contributed by atoms with Gasteiger partial charge in [-0.25, -0.2) is 13.1 Å². The van der Waals surface area contributed by atoms with Crippen molar-refractivity contribution in [1.29, 1.82) is 0 Å². The van der Waals surface area contributed by atoms with E-state index < -0.39 is 15.9 Å². The molecule has 0 aliphatic carbocycles. The molecule has 2 N–H and O–H groups in total. The number of carbonyl (C=O) groups is 2. The molecule has 1 aliphatic rings. The molecule has 2 heterocycles. The third-order valence-corrected chi connectivity index (χ3v) is 6.92. The second-order valence-corrected chi connectivity index (χ2v) is 8.82. The van der Waals surface area contributed by atoms with Gasteiger partial charge in [-0.3, -0.25) is 9.59 Å². The summed E-state index contributed by atoms with van der Waals surface area (Å²) in [7, 11) is -3.85. The number of rotatable bonds is 5. The molecule has 1 fully saturated rings. The molecule has 1 atom stereocenters. The first-order chi connectivity index (χ1) is 11.4. The van der Waals surface area contributed by atoms with E-state index in [0.29, 0.717) is 12.8 Å². The lowest BCUT2D eigenvalue weighted by Crippen LogP contribution is -2.39. The SMILES string of the molecule is O=C1CCCC(CCC(=O)NS(=O)(=O)c2cc3ccccc3s2)N1. The first-order valence-electron chi connectivity index (χ1n) is 7.78. The second kappa shape index (κ2) is 6.90. The largest absolute Gasteiger partial charge is 0.353 e. The van der Waals surface area contributed by atoms with Gasteiger partial charge in [0, 0.05) is 23.6 Å². The van der Waals surface area contributed by atoms with Crippen LogP contribution in [0.1, 0.15) is 32.1 Å². The summed E-state index contributed by atoms with van der Waals surface area (Å²) in [4.78, 5) is 23.3. The van der Waals surface area contributed by atoms with Crippen LogP contribution in [-0.4, -0.2) is 26.3 Å². The topological polar surface area (TPSA) is 92.3 Å². The highest BCUT2D eigenvalue weighted by Gasteiger charge is 2.22. The van der Waals surface area contributed by atoms with Crippen molar-refractivity contribution in [2.45, 2.75) is 42.4 Å². The highest BCUT2D eigenvalue weighted by Crippen LogP contribution is 2.28. The Labute approximate surface area is 144 Å². The van der Waals surface area contributed by atoms with Gasteiger partial charge >= 0.3 is 0 Å². The minimum absolute atomic E-state index is 0.00967. The molecule has 24 heavy (non-hydrogen) atoms. The second-order valence-electron chi connectivity index (χ2n) is 5.83. The Balaban J connectivity index is 1.61. The maximum Gasteiger partial charge on any atom is 0.273 e. The van der Waals surface area contributed by atoms with Gasteiger partial charge in [0.15, 0.2) is 0 Å². The van der Waals surface area contributed by atoms with Crippen molar-refractivity contribution in [3.8, 4) is 0 Å². The Morgan fingerprint density at radius 1 is 1.33 bits per heavy atom. The van der Waals surface area contributed by atoms with Crippen molar-refractivity contribution < 1.29 is 18.0 Å². The number of hydrogen-bond acceptors (Lipinski definition) is 5. The summed E-state index contributed by atoms with van der Waals surface area (Å²) in [5.74, 6) is -0.558. The normalized spacial score (nSPS) is 18.3. The van der Waals surface area contributed by atoms with Crippen LogP contribution in [0.15, 0.2) is 34.5 Å². The summed E-state index contributed by atoms with van der Waals surface area (Å²) in [6, 6.07) is 8.86. The van der Waals surface area contributed by atoms with E-state index >= 15 is 0 Å². The molecule has 8 heteroatoms. The Kier molecular flexibility index (Phi) is 4.86. The molecule has 128 valence electrons. The van der Waals surface area contributed by atoms with Crippen LogP contribution >= 0.6 is 11.3 Å². The number of amides is 2. The minimum atomic E-state index is -3.85. The Hall–Kier alpha value is -1.93. The van der Waals surface area contributed by atoms with Gasteiger partial charge < -0.3 is 5.32 Å². The zero-order chi connectivity index (χ0) is 17.2. The molecular formula is C16H18N2O4S2. The third kappa shape index (κ3) is 3.93. The van der Waals surface area contributed by atoms with Crippen LogP contribution in [0.2, 0.25) is 0 Å². The van der Waals surface area contributed by atoms with Gasteiger partial charge in [-0.2, -0.15) is 0 Å². The molecule has 1 aromatic carbocycles. The lowest BCUT2D eigenvalue weighted by atomic mass is 10.00. The van der Waals surface area contributed by atoms with Crippen LogP contribution in [0.3, 0.4) is 0 Å². The average molecular weight is 366 g/mol. The predicted octanol–water partition coefficient (Wildman–Crippen LogP) is 2.16. The van der Waals surface area contributed by atoms with Crippen molar-refractivity contribution in [3.63, 3.8) is 0 Å². The fraction of sp³-hybridized carbons (Fsp3) is 0.375. The summed E-state index contributed by atoms with van der Waals surface area (Å²) < 4.78 is 27.7. The molecule has 3 rings (SSSR count). The summed E-state index contributed by atoms with van der Waals surface area (Å²) in [6.07, 6.45) is 2.65. The van der Waals surface area contributed by atoms with Crippen LogP contribution in [0.25, 0.3) is 10.1 Å². The molecule has 0 spiro atoms. The van der Waals surface area contributed by atoms with Crippen molar-refractivity contribution in [1.82, 2.24) is 10.0 Å². The summed E-state index contributed by atoms with van der Waals surface area (Å²) in [5, 5.41) is 3.65. The number of sulfonamides is 1. The number of carbonyl (C=O) groups excluding carboxylic acids is 2. The number of thiophene rings is 1. The zero-order valence-corrected chi connectivity index (χ0v) is 14.6.